The van der Waals surface area contributed by atoms with E-state index < -0.39 is 20.7 Å². The minimum Gasteiger partial charge on any atom is -0.478 e. The highest BCUT2D eigenvalue weighted by Gasteiger charge is 2.39. The second-order valence-electron chi connectivity index (χ2n) is 4.21. The molecule has 7 nitrogen and oxygen atoms in total. The van der Waals surface area contributed by atoms with E-state index in [2.05, 4.69) is 0 Å². The lowest BCUT2D eigenvalue weighted by Gasteiger charge is -2.28. The van der Waals surface area contributed by atoms with Crippen molar-refractivity contribution in [2.75, 3.05) is 19.8 Å². The number of carboxylic acid groups (broad SMARTS) is 1. The Morgan fingerprint density at radius 1 is 1.10 bits per heavy atom. The number of carboxylic acids is 1. The zero-order valence-corrected chi connectivity index (χ0v) is 13.9. The number of carbonyl (C=O) groups excluding carboxylic acids is 1. The van der Waals surface area contributed by atoms with E-state index in [1.54, 1.807) is 0 Å². The van der Waals surface area contributed by atoms with Crippen LogP contribution in [0.4, 0.5) is 0 Å². The third kappa shape index (κ3) is 7.95. The van der Waals surface area contributed by atoms with E-state index in [-0.39, 0.29) is 12.0 Å². The third-order valence-electron chi connectivity index (χ3n) is 2.61. The van der Waals surface area contributed by atoms with Gasteiger partial charge in [0.05, 0.1) is 0 Å². The molecule has 0 rings (SSSR count). The van der Waals surface area contributed by atoms with Crippen molar-refractivity contribution < 1.29 is 28.0 Å². The molecule has 8 heteroatoms. The van der Waals surface area contributed by atoms with Gasteiger partial charge in [-0.3, -0.25) is 4.79 Å². The largest absolute Gasteiger partial charge is 0.500 e. The number of primary amides is 1. The van der Waals surface area contributed by atoms with Crippen LogP contribution in [0.1, 0.15) is 33.6 Å². The Kier molecular flexibility index (Phi) is 9.88. The van der Waals surface area contributed by atoms with Crippen molar-refractivity contribution in [1.29, 1.82) is 0 Å². The van der Waals surface area contributed by atoms with Crippen molar-refractivity contribution in [3.63, 3.8) is 0 Å². The fourth-order valence-corrected chi connectivity index (χ4v) is 4.52. The summed E-state index contributed by atoms with van der Waals surface area (Å²) in [6.07, 6.45) is 1.63. The Balaban J connectivity index is 4.73. The molecule has 0 radical (unpaired) electrons. The van der Waals surface area contributed by atoms with Gasteiger partial charge < -0.3 is 24.1 Å². The Labute approximate surface area is 126 Å². The molecule has 0 aromatic rings. The molecule has 21 heavy (non-hydrogen) atoms. The minimum atomic E-state index is -2.77. The van der Waals surface area contributed by atoms with Crippen LogP contribution in [0.3, 0.4) is 0 Å². The highest BCUT2D eigenvalue weighted by molar-refractivity contribution is 6.60. The number of nitrogens with two attached hydrogens (primary N) is 1. The summed E-state index contributed by atoms with van der Waals surface area (Å²) >= 11 is 0. The van der Waals surface area contributed by atoms with Crippen molar-refractivity contribution in [2.24, 2.45) is 5.73 Å². The third-order valence-corrected chi connectivity index (χ3v) is 5.76. The standard InChI is InChI=1S/C13H25NO6Si/c1-4-18-21(19-5-2,20-6-3)9-7-8-11(13(16)17)10-12(14)15/h10H,4-9H2,1-3H3,(H2,14,15)(H,16,17)/b11-10-. The van der Waals surface area contributed by atoms with Gasteiger partial charge in [-0.15, -0.1) is 0 Å². The Bertz CT molecular complexity index is 355. The quantitative estimate of drug-likeness (QED) is 0.415. The Morgan fingerprint density at radius 2 is 1.57 bits per heavy atom. The lowest BCUT2D eigenvalue weighted by atomic mass is 10.1. The molecule has 0 aliphatic carbocycles. The Hall–Kier alpha value is -1.22. The van der Waals surface area contributed by atoms with Gasteiger partial charge in [-0.2, -0.15) is 0 Å². The lowest BCUT2D eigenvalue weighted by Crippen LogP contribution is -2.45. The summed E-state index contributed by atoms with van der Waals surface area (Å²) in [5.74, 6) is -1.92. The van der Waals surface area contributed by atoms with E-state index in [0.717, 1.165) is 6.08 Å². The average molecular weight is 319 g/mol. The van der Waals surface area contributed by atoms with Gasteiger partial charge in [0.15, 0.2) is 0 Å². The molecule has 0 atom stereocenters. The van der Waals surface area contributed by atoms with Gasteiger partial charge in [0.25, 0.3) is 0 Å². The molecule has 0 saturated heterocycles. The minimum absolute atomic E-state index is 0.0186. The molecule has 0 aliphatic rings. The highest BCUT2D eigenvalue weighted by Crippen LogP contribution is 2.21. The summed E-state index contributed by atoms with van der Waals surface area (Å²) in [7, 11) is -2.77. The first-order chi connectivity index (χ1) is 9.90. The van der Waals surface area contributed by atoms with Gasteiger partial charge in [-0.05, 0) is 33.6 Å². The van der Waals surface area contributed by atoms with Crippen molar-refractivity contribution in [2.45, 2.75) is 39.7 Å². The molecular formula is C13H25NO6Si. The summed E-state index contributed by atoms with van der Waals surface area (Å²) < 4.78 is 17.0. The molecule has 3 N–H and O–H groups in total. The zero-order valence-electron chi connectivity index (χ0n) is 12.9. The maximum atomic E-state index is 11.0. The number of amides is 1. The number of rotatable bonds is 12. The molecule has 0 bridgehead atoms. The number of aliphatic carboxylic acids is 1. The average Bonchev–Trinajstić information content (AvgIpc) is 2.38. The topological polar surface area (TPSA) is 108 Å². The molecule has 122 valence electrons. The van der Waals surface area contributed by atoms with E-state index in [9.17, 15) is 9.59 Å². The summed E-state index contributed by atoms with van der Waals surface area (Å²) in [6.45, 7) is 6.97. The summed E-state index contributed by atoms with van der Waals surface area (Å²) in [5.41, 5.74) is 4.97. The molecule has 0 aliphatic heterocycles. The van der Waals surface area contributed by atoms with Crippen LogP contribution in [0, 0.1) is 0 Å². The molecule has 0 aromatic heterocycles. The monoisotopic (exact) mass is 319 g/mol. The van der Waals surface area contributed by atoms with E-state index in [1.165, 1.54) is 0 Å². The fourth-order valence-electron chi connectivity index (χ4n) is 1.91. The van der Waals surface area contributed by atoms with Gasteiger partial charge >= 0.3 is 14.8 Å². The van der Waals surface area contributed by atoms with E-state index >= 15 is 0 Å². The SMILES string of the molecule is CCO[Si](CCC/C(=C/C(N)=O)C(=O)O)(OCC)OCC. The molecule has 0 unspecified atom stereocenters. The second kappa shape index (κ2) is 10.5. The van der Waals surface area contributed by atoms with E-state index in [1.807, 2.05) is 20.8 Å². The van der Waals surface area contributed by atoms with Gasteiger partial charge in [0, 0.05) is 37.5 Å². The molecule has 0 saturated carbocycles. The molecular weight excluding hydrogens is 294 g/mol. The van der Waals surface area contributed by atoms with Crippen molar-refractivity contribution in [3.05, 3.63) is 11.6 Å². The maximum Gasteiger partial charge on any atom is 0.500 e. The smallest absolute Gasteiger partial charge is 0.478 e. The van der Waals surface area contributed by atoms with Crippen LogP contribution in [-0.4, -0.2) is 45.6 Å². The van der Waals surface area contributed by atoms with Crippen LogP contribution in [0.15, 0.2) is 11.6 Å². The van der Waals surface area contributed by atoms with Gasteiger partial charge in [-0.25, -0.2) is 4.79 Å². The van der Waals surface area contributed by atoms with Gasteiger partial charge in [0.1, 0.15) is 0 Å². The van der Waals surface area contributed by atoms with Crippen molar-refractivity contribution in [1.82, 2.24) is 0 Å². The first kappa shape index (κ1) is 19.8. The van der Waals surface area contributed by atoms with Crippen molar-refractivity contribution in [3.8, 4) is 0 Å². The molecule has 1 amide bonds. The number of hydrogen-bond acceptors (Lipinski definition) is 5. The van der Waals surface area contributed by atoms with Crippen LogP contribution in [0.25, 0.3) is 0 Å². The van der Waals surface area contributed by atoms with E-state index in [0.29, 0.717) is 32.3 Å². The summed E-state index contributed by atoms with van der Waals surface area (Å²) in [6, 6.07) is 0.492. The fraction of sp³-hybridized carbons (Fsp3) is 0.692. The first-order valence-electron chi connectivity index (χ1n) is 7.05. The predicted octanol–water partition coefficient (Wildman–Crippen LogP) is 1.31. The predicted molar refractivity (Wildman–Crippen MR) is 79.6 cm³/mol. The van der Waals surface area contributed by atoms with E-state index in [4.69, 9.17) is 24.1 Å². The Morgan fingerprint density at radius 3 is 1.90 bits per heavy atom. The second-order valence-corrected chi connectivity index (χ2v) is 6.94. The number of hydrogen-bond donors (Lipinski definition) is 2. The van der Waals surface area contributed by atoms with Crippen LogP contribution < -0.4 is 5.73 Å². The lowest BCUT2D eigenvalue weighted by molar-refractivity contribution is -0.133. The van der Waals surface area contributed by atoms with Crippen LogP contribution >= 0.6 is 0 Å². The maximum absolute atomic E-state index is 11.0. The first-order valence-corrected chi connectivity index (χ1v) is 8.99. The normalized spacial score (nSPS) is 12.4. The molecule has 0 spiro atoms. The van der Waals surface area contributed by atoms with Crippen LogP contribution in [0.2, 0.25) is 6.04 Å². The highest BCUT2D eigenvalue weighted by atomic mass is 28.4. The molecule has 0 aromatic carbocycles. The number of carbonyl (C=O) groups is 2. The van der Waals surface area contributed by atoms with Crippen LogP contribution in [0.5, 0.6) is 0 Å². The van der Waals surface area contributed by atoms with Crippen LogP contribution in [-0.2, 0) is 22.9 Å². The molecule has 0 fully saturated rings. The summed E-state index contributed by atoms with van der Waals surface area (Å²) in [5, 5.41) is 9.00. The van der Waals surface area contributed by atoms with Crippen molar-refractivity contribution >= 4 is 20.7 Å². The summed E-state index contributed by atoms with van der Waals surface area (Å²) in [4.78, 5) is 21.8. The van der Waals surface area contributed by atoms with Gasteiger partial charge in [-0.1, -0.05) is 0 Å². The van der Waals surface area contributed by atoms with Gasteiger partial charge in [0.2, 0.25) is 5.91 Å². The molecule has 0 heterocycles. The zero-order chi connectivity index (χ0) is 16.3.